The van der Waals surface area contributed by atoms with Crippen LogP contribution in [0.4, 0.5) is 0 Å². The third-order valence-corrected chi connectivity index (χ3v) is 12.4. The van der Waals surface area contributed by atoms with Crippen LogP contribution in [0.1, 0.15) is 22.1 Å². The predicted molar refractivity (Wildman–Crippen MR) is 269 cm³/mol. The quantitative estimate of drug-likeness (QED) is 0.168. The molecule has 0 fully saturated rings. The number of aromatic nitrogens is 6. The Kier molecular flexibility index (Phi) is 6.60. The van der Waals surface area contributed by atoms with Gasteiger partial charge in [-0.3, -0.25) is 0 Å². The molecule has 0 N–H and O–H groups in total. The number of benzene rings is 9. The van der Waals surface area contributed by atoms with Gasteiger partial charge in [0, 0.05) is 49.0 Å². The van der Waals surface area contributed by atoms with Crippen LogP contribution in [0.5, 0.6) is 0 Å². The topological polar surface area (TPSA) is 53.5 Å². The third-order valence-electron chi connectivity index (χ3n) is 12.4. The van der Waals surface area contributed by atoms with Crippen molar-refractivity contribution in [1.29, 1.82) is 0 Å². The van der Waals surface area contributed by atoms with E-state index < -0.39 is 12.1 Å². The molecule has 0 bridgehead atoms. The van der Waals surface area contributed by atoms with Crippen LogP contribution in [0, 0.1) is 13.8 Å². The van der Waals surface area contributed by atoms with Crippen molar-refractivity contribution >= 4 is 65.4 Å². The van der Waals surface area contributed by atoms with Crippen molar-refractivity contribution in [3.8, 4) is 51.2 Å². The van der Waals surface area contributed by atoms with Crippen LogP contribution in [-0.2, 0) is 0 Å². The van der Waals surface area contributed by atoms with Crippen molar-refractivity contribution in [2.75, 3.05) is 0 Å². The fourth-order valence-electron chi connectivity index (χ4n) is 9.57. The van der Waals surface area contributed by atoms with Gasteiger partial charge in [-0.2, -0.15) is 0 Å². The maximum absolute atomic E-state index is 9.73. The van der Waals surface area contributed by atoms with Gasteiger partial charge in [-0.1, -0.05) is 157 Å². The molecule has 65 heavy (non-hydrogen) atoms. The number of aryl methyl sites for hydroxylation is 2. The first-order valence-corrected chi connectivity index (χ1v) is 21.5. The highest BCUT2D eigenvalue weighted by atomic mass is 15.1. The molecule has 0 aliphatic rings. The zero-order chi connectivity index (χ0) is 50.1. The van der Waals surface area contributed by atoms with Gasteiger partial charge >= 0.3 is 0 Å². The minimum atomic E-state index is -0.391. The van der Waals surface area contributed by atoms with Crippen LogP contribution in [-0.4, -0.2) is 28.7 Å². The molecule has 0 unspecified atom stereocenters. The molecule has 0 saturated heterocycles. The molecule has 13 rings (SSSR count). The first-order valence-electron chi connectivity index (χ1n) is 25.5. The number of rotatable bonds is 6. The molecular weight excluding hydrogens is 793 g/mol. The molecule has 0 aliphatic heterocycles. The van der Waals surface area contributed by atoms with Gasteiger partial charge in [-0.25, -0.2) is 15.0 Å². The molecule has 0 atom stereocenters. The number of fused-ring (bicyclic) bond motifs is 9. The first-order chi connectivity index (χ1) is 35.4. The summed E-state index contributed by atoms with van der Waals surface area (Å²) in [5.74, 6) is 1.13. The van der Waals surface area contributed by atoms with Crippen LogP contribution in [0.25, 0.3) is 117 Å². The molecule has 6 heteroatoms. The van der Waals surface area contributed by atoms with Gasteiger partial charge < -0.3 is 13.7 Å². The summed E-state index contributed by atoms with van der Waals surface area (Å²) in [6.07, 6.45) is 0. The zero-order valence-corrected chi connectivity index (χ0v) is 35.2. The van der Waals surface area contributed by atoms with Gasteiger partial charge in [-0.15, -0.1) is 0 Å². The van der Waals surface area contributed by atoms with Gasteiger partial charge in [0.2, 0.25) is 0 Å². The normalized spacial score (nSPS) is 13.6. The molecule has 9 aromatic carbocycles. The molecule has 0 spiro atoms. The van der Waals surface area contributed by atoms with Crippen molar-refractivity contribution in [1.82, 2.24) is 28.7 Å². The van der Waals surface area contributed by atoms with Gasteiger partial charge in [-0.05, 0) is 74.5 Å². The number of para-hydroxylation sites is 4. The van der Waals surface area contributed by atoms with E-state index in [1.807, 2.05) is 130 Å². The second-order valence-corrected chi connectivity index (χ2v) is 16.4. The second kappa shape index (κ2) is 14.5. The number of nitrogens with zero attached hydrogens (tertiary/aromatic N) is 6. The highest BCUT2D eigenvalue weighted by molar-refractivity contribution is 6.14. The van der Waals surface area contributed by atoms with Crippen LogP contribution >= 0.6 is 0 Å². The van der Waals surface area contributed by atoms with Crippen LogP contribution < -0.4 is 0 Å². The smallest absolute Gasteiger partial charge is 0.164 e. The second-order valence-electron chi connectivity index (χ2n) is 16.4. The molecule has 0 saturated carbocycles. The Morgan fingerprint density at radius 2 is 0.738 bits per heavy atom. The van der Waals surface area contributed by atoms with Crippen LogP contribution in [0.15, 0.2) is 206 Å². The van der Waals surface area contributed by atoms with E-state index in [1.165, 1.54) is 0 Å². The Hall–Kier alpha value is -8.61. The summed E-state index contributed by atoms with van der Waals surface area (Å²) in [6.45, 7) is 4.12. The van der Waals surface area contributed by atoms with Crippen LogP contribution in [0.3, 0.4) is 0 Å². The fraction of sp³-hybridized carbons (Fsp3) is 0.0339. The van der Waals surface area contributed by atoms with Crippen molar-refractivity contribution in [2.45, 2.75) is 13.8 Å². The van der Waals surface area contributed by atoms with Gasteiger partial charge in [0.15, 0.2) is 17.5 Å². The SMILES string of the molecule is [2H]c1c([2H])c([2H])c2c(c1[2H])c1ccccc1n2-c1cc(-c2nc(-c3ccccc3)nc(-c3ccccc3)n2)cc(-n2c3ccccc3c3c([2H])c([2H])c([2H])c([2H])c32)c1-n1c2ccc(C)cc2c2cc(C)ccc21. The largest absolute Gasteiger partial charge is 0.307 e. The average Bonchev–Trinajstić information content (AvgIpc) is 4.07. The molecular formula is C59H40N6. The lowest BCUT2D eigenvalue weighted by Crippen LogP contribution is -2.10. The minimum Gasteiger partial charge on any atom is -0.307 e. The van der Waals surface area contributed by atoms with E-state index in [0.717, 1.165) is 44.1 Å². The maximum atomic E-state index is 9.73. The van der Waals surface area contributed by atoms with Crippen molar-refractivity contribution in [3.63, 3.8) is 0 Å². The lowest BCUT2D eigenvalue weighted by molar-refractivity contribution is 1.04. The van der Waals surface area contributed by atoms with E-state index in [2.05, 4.69) is 54.8 Å². The Bertz CT molecular complexity index is 4230. The van der Waals surface area contributed by atoms with E-state index in [-0.39, 0.29) is 47.3 Å². The summed E-state index contributed by atoms with van der Waals surface area (Å²) < 4.78 is 80.4. The molecule has 4 aromatic heterocycles. The van der Waals surface area contributed by atoms with Gasteiger partial charge in [0.05, 0.1) is 61.1 Å². The van der Waals surface area contributed by atoms with Crippen molar-refractivity contribution in [3.05, 3.63) is 217 Å². The summed E-state index contributed by atoms with van der Waals surface area (Å²) in [5.41, 5.74) is 9.04. The van der Waals surface area contributed by atoms with Gasteiger partial charge in [0.1, 0.15) is 0 Å². The maximum Gasteiger partial charge on any atom is 0.164 e. The molecule has 6 nitrogen and oxygen atoms in total. The lowest BCUT2D eigenvalue weighted by atomic mass is 10.1. The predicted octanol–water partition coefficient (Wildman–Crippen LogP) is 14.8. The Balaban J connectivity index is 1.32. The Morgan fingerprint density at radius 3 is 1.22 bits per heavy atom. The number of hydrogen-bond acceptors (Lipinski definition) is 3. The molecule has 0 aliphatic carbocycles. The first kappa shape index (κ1) is 29.6. The summed E-state index contributed by atoms with van der Waals surface area (Å²) in [5, 5.41) is 3.86. The summed E-state index contributed by atoms with van der Waals surface area (Å²) in [7, 11) is 0. The van der Waals surface area contributed by atoms with E-state index >= 15 is 0 Å². The van der Waals surface area contributed by atoms with E-state index in [0.29, 0.717) is 72.7 Å². The monoisotopic (exact) mass is 840 g/mol. The molecule has 0 amide bonds. The summed E-state index contributed by atoms with van der Waals surface area (Å²) in [4.78, 5) is 15.5. The van der Waals surface area contributed by atoms with Crippen LogP contribution in [0.2, 0.25) is 0 Å². The van der Waals surface area contributed by atoms with E-state index in [4.69, 9.17) is 20.4 Å². The minimum absolute atomic E-state index is 0.178. The lowest BCUT2D eigenvalue weighted by Gasteiger charge is -2.23. The summed E-state index contributed by atoms with van der Waals surface area (Å²) >= 11 is 0. The average molecular weight is 841 g/mol. The number of hydrogen-bond donors (Lipinski definition) is 0. The highest BCUT2D eigenvalue weighted by Crippen LogP contribution is 2.45. The van der Waals surface area contributed by atoms with Gasteiger partial charge in [0.25, 0.3) is 0 Å². The summed E-state index contributed by atoms with van der Waals surface area (Å²) in [6, 6.07) is 48.6. The Labute approximate surface area is 386 Å². The Morgan fingerprint density at radius 1 is 0.338 bits per heavy atom. The molecule has 0 radical (unpaired) electrons. The highest BCUT2D eigenvalue weighted by Gasteiger charge is 2.27. The molecule has 13 aromatic rings. The van der Waals surface area contributed by atoms with E-state index in [9.17, 15) is 5.48 Å². The fourth-order valence-corrected chi connectivity index (χ4v) is 9.57. The molecule has 4 heterocycles. The standard InChI is InChI=1S/C59H40N6/c1-37-29-31-52-46(33-37)47-34-38(2)30-32-53(47)65(52)56-54(63-48-25-13-9-21-42(48)43-22-10-14-26-49(43)63)35-41(36-55(56)64-50-27-15-11-23-44(50)45-24-12-16-28-51(45)64)59-61-57(39-17-5-3-6-18-39)60-58(62-59)40-19-7-4-8-20-40/h3-36H,1-2H3/i9D,11D,13D,15D,21D,23D,25D,27D. The van der Waals surface area contributed by atoms with E-state index in [1.54, 1.807) is 0 Å². The van der Waals surface area contributed by atoms with Crippen molar-refractivity contribution in [2.24, 2.45) is 0 Å². The zero-order valence-electron chi connectivity index (χ0n) is 43.2. The molecule has 306 valence electrons. The third kappa shape index (κ3) is 5.77. The van der Waals surface area contributed by atoms with Crippen molar-refractivity contribution < 1.29 is 11.0 Å².